The molecule has 0 saturated heterocycles. The maximum atomic E-state index is 11.8. The van der Waals surface area contributed by atoms with Gasteiger partial charge in [0.05, 0.1) is 25.4 Å². The Morgan fingerprint density at radius 1 is 0.897 bits per heavy atom. The van der Waals surface area contributed by atoms with E-state index in [9.17, 15) is 4.79 Å². The fourth-order valence-corrected chi connectivity index (χ4v) is 5.76. The normalized spacial score (nSPS) is 18.0. The van der Waals surface area contributed by atoms with Crippen molar-refractivity contribution in [1.82, 2.24) is 0 Å². The van der Waals surface area contributed by atoms with Crippen molar-refractivity contribution in [3.8, 4) is 0 Å². The molecule has 1 aliphatic carbocycles. The molecule has 1 aliphatic rings. The summed E-state index contributed by atoms with van der Waals surface area (Å²) in [6, 6.07) is 18.6. The van der Waals surface area contributed by atoms with E-state index in [0.717, 1.165) is 31.6 Å². The number of ether oxygens (including phenoxy) is 2. The molecule has 0 radical (unpaired) electrons. The summed E-state index contributed by atoms with van der Waals surface area (Å²) in [5.74, 6) is 1.05. The predicted octanol–water partition coefficient (Wildman–Crippen LogP) is 7.61. The summed E-state index contributed by atoms with van der Waals surface area (Å²) in [4.78, 5) is 11.8. The second kappa shape index (κ2) is 17.3. The van der Waals surface area contributed by atoms with Crippen LogP contribution in [0.1, 0.15) is 92.9 Å². The van der Waals surface area contributed by atoms with E-state index in [0.29, 0.717) is 19.1 Å². The Bertz CT molecular complexity index is 971. The predicted molar refractivity (Wildman–Crippen MR) is 160 cm³/mol. The molecule has 39 heavy (non-hydrogen) atoms. The Kier molecular flexibility index (Phi) is 13.8. The van der Waals surface area contributed by atoms with Crippen molar-refractivity contribution in [3.63, 3.8) is 0 Å². The van der Waals surface area contributed by atoms with Crippen LogP contribution in [0.2, 0.25) is 0 Å². The molecule has 0 amide bonds. The van der Waals surface area contributed by atoms with Crippen molar-refractivity contribution in [2.24, 2.45) is 11.8 Å². The zero-order valence-corrected chi connectivity index (χ0v) is 24.3. The van der Waals surface area contributed by atoms with Crippen molar-refractivity contribution in [2.75, 3.05) is 26.9 Å². The summed E-state index contributed by atoms with van der Waals surface area (Å²) in [5.41, 5.74) is 5.90. The first-order valence-corrected chi connectivity index (χ1v) is 15.1. The molecule has 3 rings (SSSR count). The molecular weight excluding hydrogens is 484 g/mol. The number of methoxy groups -OCH3 is 1. The van der Waals surface area contributed by atoms with Crippen molar-refractivity contribution in [3.05, 3.63) is 82.9 Å². The minimum absolute atomic E-state index is 0.0975. The number of aliphatic hydroxyl groups is 1. The third kappa shape index (κ3) is 10.9. The van der Waals surface area contributed by atoms with Gasteiger partial charge in [-0.25, -0.2) is 4.79 Å². The molecule has 1 atom stereocenters. The van der Waals surface area contributed by atoms with Gasteiger partial charge in [-0.2, -0.15) is 0 Å². The number of hydrogen-bond acceptors (Lipinski definition) is 4. The average molecular weight is 535 g/mol. The van der Waals surface area contributed by atoms with Gasteiger partial charge in [-0.3, -0.25) is 0 Å². The number of carbonyl (C=O) groups excluding carboxylic acids is 1. The Morgan fingerprint density at radius 3 is 2.05 bits per heavy atom. The lowest BCUT2D eigenvalue weighted by atomic mass is 9.76. The molecule has 0 bridgehead atoms. The Hall–Kier alpha value is -2.43. The first kappa shape index (κ1) is 31.1. The zero-order chi connectivity index (χ0) is 27.9. The highest BCUT2D eigenvalue weighted by molar-refractivity contribution is 5.87. The van der Waals surface area contributed by atoms with Gasteiger partial charge in [-0.1, -0.05) is 74.9 Å². The van der Waals surface area contributed by atoms with Crippen LogP contribution in [-0.2, 0) is 33.5 Å². The number of hydrogen-bond donors (Lipinski definition) is 1. The van der Waals surface area contributed by atoms with E-state index in [2.05, 4.69) is 62.0 Å². The van der Waals surface area contributed by atoms with E-state index in [1.165, 1.54) is 73.6 Å². The van der Waals surface area contributed by atoms with Gasteiger partial charge >= 0.3 is 5.97 Å². The SMILES string of the molecule is C=C(CO)C(=O)OCC(CCC1CCC(c2ccc(CCc3ccc(CCCCC)cc3)cc2)CC1)COC. The molecule has 214 valence electrons. The van der Waals surface area contributed by atoms with E-state index in [-0.39, 0.29) is 18.1 Å². The lowest BCUT2D eigenvalue weighted by Crippen LogP contribution is -2.21. The molecule has 4 heteroatoms. The van der Waals surface area contributed by atoms with Crippen LogP contribution in [0.25, 0.3) is 0 Å². The largest absolute Gasteiger partial charge is 0.462 e. The maximum Gasteiger partial charge on any atom is 0.335 e. The Morgan fingerprint density at radius 2 is 1.49 bits per heavy atom. The quantitative estimate of drug-likeness (QED) is 0.129. The average Bonchev–Trinajstić information content (AvgIpc) is 2.98. The highest BCUT2D eigenvalue weighted by atomic mass is 16.5. The van der Waals surface area contributed by atoms with Crippen LogP contribution in [0, 0.1) is 11.8 Å². The number of benzene rings is 2. The van der Waals surface area contributed by atoms with E-state index >= 15 is 0 Å². The minimum atomic E-state index is -0.517. The van der Waals surface area contributed by atoms with Crippen LogP contribution in [0.5, 0.6) is 0 Å². The fraction of sp³-hybridized carbons (Fsp3) is 0.571. The smallest absolute Gasteiger partial charge is 0.335 e. The third-order valence-electron chi connectivity index (χ3n) is 8.41. The highest BCUT2D eigenvalue weighted by Crippen LogP contribution is 2.38. The molecule has 0 aromatic heterocycles. The van der Waals surface area contributed by atoms with Gasteiger partial charge in [-0.05, 0) is 98.3 Å². The zero-order valence-electron chi connectivity index (χ0n) is 24.3. The number of rotatable bonds is 17. The number of carbonyl (C=O) groups is 1. The molecule has 1 unspecified atom stereocenters. The number of aliphatic hydroxyl groups excluding tert-OH is 1. The highest BCUT2D eigenvalue weighted by Gasteiger charge is 2.24. The molecule has 1 fully saturated rings. The summed E-state index contributed by atoms with van der Waals surface area (Å²) in [5, 5.41) is 9.04. The molecular formula is C35H50O4. The first-order valence-electron chi connectivity index (χ1n) is 15.1. The number of esters is 1. The number of aryl methyl sites for hydroxylation is 3. The van der Waals surface area contributed by atoms with Crippen LogP contribution in [0.15, 0.2) is 60.7 Å². The van der Waals surface area contributed by atoms with E-state index in [1.54, 1.807) is 7.11 Å². The van der Waals surface area contributed by atoms with Crippen molar-refractivity contribution in [2.45, 2.75) is 89.9 Å². The molecule has 0 aliphatic heterocycles. The molecule has 4 nitrogen and oxygen atoms in total. The van der Waals surface area contributed by atoms with Gasteiger partial charge in [0.1, 0.15) is 0 Å². The van der Waals surface area contributed by atoms with E-state index < -0.39 is 5.97 Å². The van der Waals surface area contributed by atoms with Crippen LogP contribution in [0.4, 0.5) is 0 Å². The Balaban J connectivity index is 1.37. The molecule has 0 heterocycles. The summed E-state index contributed by atoms with van der Waals surface area (Å²) in [6.45, 7) is 6.31. The lowest BCUT2D eigenvalue weighted by molar-refractivity contribution is -0.141. The third-order valence-corrected chi connectivity index (χ3v) is 8.41. The summed E-state index contributed by atoms with van der Waals surface area (Å²) in [6.07, 6.45) is 14.4. The van der Waals surface area contributed by atoms with Gasteiger partial charge in [0.2, 0.25) is 0 Å². The molecule has 0 spiro atoms. The van der Waals surface area contributed by atoms with Gasteiger partial charge < -0.3 is 14.6 Å². The van der Waals surface area contributed by atoms with Crippen LogP contribution >= 0.6 is 0 Å². The second-order valence-corrected chi connectivity index (χ2v) is 11.5. The van der Waals surface area contributed by atoms with Gasteiger partial charge in [0.25, 0.3) is 0 Å². The minimum Gasteiger partial charge on any atom is -0.462 e. The van der Waals surface area contributed by atoms with Crippen LogP contribution in [0.3, 0.4) is 0 Å². The maximum absolute atomic E-state index is 11.8. The van der Waals surface area contributed by atoms with E-state index in [1.807, 2.05) is 0 Å². The standard InChI is InChI=1S/C35H50O4/c1-4-5-6-7-28-8-10-29(11-9-28)12-13-30-16-20-33(21-17-30)34-22-18-31(19-23-34)14-15-32(25-38-3)26-39-35(37)27(2)24-36/h8-11,16-17,20-21,31-32,34,36H,2,4-7,12-15,18-19,22-26H2,1,3H3. The second-order valence-electron chi connectivity index (χ2n) is 11.5. The summed E-state index contributed by atoms with van der Waals surface area (Å²) in [7, 11) is 1.68. The van der Waals surface area contributed by atoms with Crippen LogP contribution < -0.4 is 0 Å². The first-order chi connectivity index (χ1) is 19.0. The fourth-order valence-electron chi connectivity index (χ4n) is 5.76. The van der Waals surface area contributed by atoms with Gasteiger partial charge in [0.15, 0.2) is 0 Å². The molecule has 2 aromatic carbocycles. The summed E-state index contributed by atoms with van der Waals surface area (Å²) >= 11 is 0. The van der Waals surface area contributed by atoms with Crippen molar-refractivity contribution >= 4 is 5.97 Å². The Labute approximate surface area is 236 Å². The monoisotopic (exact) mass is 534 g/mol. The lowest BCUT2D eigenvalue weighted by Gasteiger charge is -2.30. The van der Waals surface area contributed by atoms with Gasteiger partial charge in [0, 0.05) is 13.0 Å². The van der Waals surface area contributed by atoms with Crippen molar-refractivity contribution < 1.29 is 19.4 Å². The molecule has 1 N–H and O–H groups in total. The summed E-state index contributed by atoms with van der Waals surface area (Å²) < 4.78 is 10.7. The van der Waals surface area contributed by atoms with Crippen molar-refractivity contribution in [1.29, 1.82) is 0 Å². The van der Waals surface area contributed by atoms with Gasteiger partial charge in [-0.15, -0.1) is 0 Å². The van der Waals surface area contributed by atoms with E-state index in [4.69, 9.17) is 14.6 Å². The number of unbranched alkanes of at least 4 members (excludes halogenated alkanes) is 2. The molecule has 2 aromatic rings. The molecule has 1 saturated carbocycles. The topological polar surface area (TPSA) is 55.8 Å². The van der Waals surface area contributed by atoms with Crippen LogP contribution in [-0.4, -0.2) is 38.0 Å².